The van der Waals surface area contributed by atoms with E-state index in [0.29, 0.717) is 28.7 Å². The van der Waals surface area contributed by atoms with Crippen LogP contribution in [0.1, 0.15) is 108 Å². The summed E-state index contributed by atoms with van der Waals surface area (Å²) in [5.41, 5.74) is 2.17. The Balaban J connectivity index is 1.21. The van der Waals surface area contributed by atoms with Crippen LogP contribution in [0, 0.1) is 41.0 Å². The Kier molecular flexibility index (Phi) is 9.88. The highest BCUT2D eigenvalue weighted by molar-refractivity contribution is 5.71. The first-order valence-electron chi connectivity index (χ1n) is 16.0. The first-order valence-corrected chi connectivity index (χ1v) is 16.0. The summed E-state index contributed by atoms with van der Waals surface area (Å²) in [7, 11) is 0. The number of rotatable bonds is 9. The summed E-state index contributed by atoms with van der Waals surface area (Å²) in [4.78, 5) is 0. The van der Waals surface area contributed by atoms with Gasteiger partial charge >= 0.3 is 0 Å². The molecule has 0 aliphatic heterocycles. The van der Waals surface area contributed by atoms with Crippen molar-refractivity contribution in [2.24, 2.45) is 17.8 Å². The standard InChI is InChI=1S/C37H44F4/c1-3-5-6-7-24-8-10-26(11-9-24)27-12-14-28(15-13-27)32-22-23-33(37(41)36(32)40)30-18-16-29(17-19-30)31-21-20-25(4-2)34(38)35(31)39/h16-24,26-28H,3-15H2,1-2H3. The summed E-state index contributed by atoms with van der Waals surface area (Å²) >= 11 is 0. The SMILES string of the molecule is CCCCCC1CCC(C2CCC(c3ccc(-c4ccc(-c5ccc(CC)c(F)c5F)cc4)c(F)c3F)CC2)CC1. The van der Waals surface area contributed by atoms with Crippen LogP contribution in [0.3, 0.4) is 0 Å². The van der Waals surface area contributed by atoms with Gasteiger partial charge in [-0.05, 0) is 90.9 Å². The van der Waals surface area contributed by atoms with Gasteiger partial charge in [-0.25, -0.2) is 17.6 Å². The quantitative estimate of drug-likeness (QED) is 0.179. The van der Waals surface area contributed by atoms with Crippen LogP contribution in [-0.4, -0.2) is 0 Å². The van der Waals surface area contributed by atoms with Crippen molar-refractivity contribution in [3.8, 4) is 22.3 Å². The van der Waals surface area contributed by atoms with Gasteiger partial charge in [-0.15, -0.1) is 0 Å². The van der Waals surface area contributed by atoms with Crippen LogP contribution in [0.2, 0.25) is 0 Å². The average Bonchev–Trinajstić information content (AvgIpc) is 3.01. The molecule has 3 aromatic carbocycles. The second kappa shape index (κ2) is 13.6. The van der Waals surface area contributed by atoms with Crippen LogP contribution in [0.25, 0.3) is 22.3 Å². The number of halogens is 4. The second-order valence-corrected chi connectivity index (χ2v) is 12.5. The highest BCUT2D eigenvalue weighted by Crippen LogP contribution is 2.45. The van der Waals surface area contributed by atoms with E-state index < -0.39 is 23.3 Å². The van der Waals surface area contributed by atoms with Crippen LogP contribution in [0.15, 0.2) is 48.5 Å². The van der Waals surface area contributed by atoms with Crippen LogP contribution in [0.5, 0.6) is 0 Å². The Morgan fingerprint density at radius 3 is 1.66 bits per heavy atom. The Morgan fingerprint density at radius 1 is 0.561 bits per heavy atom. The van der Waals surface area contributed by atoms with Gasteiger partial charge in [-0.1, -0.05) is 101 Å². The Morgan fingerprint density at radius 2 is 1.10 bits per heavy atom. The van der Waals surface area contributed by atoms with Crippen molar-refractivity contribution in [1.82, 2.24) is 0 Å². The van der Waals surface area contributed by atoms with E-state index in [-0.39, 0.29) is 17.0 Å². The van der Waals surface area contributed by atoms with Gasteiger partial charge in [0.2, 0.25) is 0 Å². The Hall–Kier alpha value is -2.62. The minimum atomic E-state index is -0.886. The molecule has 0 unspecified atom stereocenters. The molecule has 0 N–H and O–H groups in total. The van der Waals surface area contributed by atoms with Gasteiger partial charge in [0.1, 0.15) is 0 Å². The monoisotopic (exact) mass is 564 g/mol. The molecule has 0 heterocycles. The second-order valence-electron chi connectivity index (χ2n) is 12.5. The molecule has 0 atom stereocenters. The minimum Gasteiger partial charge on any atom is -0.203 e. The third-order valence-electron chi connectivity index (χ3n) is 10.1. The zero-order valence-corrected chi connectivity index (χ0v) is 24.6. The number of hydrogen-bond donors (Lipinski definition) is 0. The number of unbranched alkanes of at least 4 members (excludes halogenated alkanes) is 2. The van der Waals surface area contributed by atoms with Crippen LogP contribution < -0.4 is 0 Å². The molecule has 4 heteroatoms. The largest absolute Gasteiger partial charge is 0.203 e. The minimum absolute atomic E-state index is 0.0616. The number of aryl methyl sites for hydroxylation is 1. The lowest BCUT2D eigenvalue weighted by molar-refractivity contribution is 0.155. The third-order valence-corrected chi connectivity index (χ3v) is 10.1. The molecule has 3 aromatic rings. The normalized spacial score (nSPS) is 23.1. The molecule has 0 amide bonds. The molecule has 41 heavy (non-hydrogen) atoms. The molecule has 0 bridgehead atoms. The highest BCUT2D eigenvalue weighted by atomic mass is 19.2. The van der Waals surface area contributed by atoms with Gasteiger partial charge in [-0.2, -0.15) is 0 Å². The zero-order valence-electron chi connectivity index (χ0n) is 24.6. The van der Waals surface area contributed by atoms with Crippen LogP contribution >= 0.6 is 0 Å². The van der Waals surface area contributed by atoms with E-state index in [0.717, 1.165) is 43.4 Å². The molecule has 0 spiro atoms. The molecule has 2 saturated carbocycles. The van der Waals surface area contributed by atoms with E-state index in [9.17, 15) is 8.78 Å². The maximum absolute atomic E-state index is 15.4. The van der Waals surface area contributed by atoms with E-state index in [1.165, 1.54) is 51.4 Å². The predicted octanol–water partition coefficient (Wildman–Crippen LogP) is 11.8. The number of hydrogen-bond acceptors (Lipinski definition) is 0. The van der Waals surface area contributed by atoms with Crippen molar-refractivity contribution >= 4 is 0 Å². The van der Waals surface area contributed by atoms with Crippen molar-refractivity contribution in [3.63, 3.8) is 0 Å². The van der Waals surface area contributed by atoms with E-state index in [4.69, 9.17) is 0 Å². The van der Waals surface area contributed by atoms with Crippen molar-refractivity contribution < 1.29 is 17.6 Å². The molecule has 0 saturated heterocycles. The molecule has 2 fully saturated rings. The lowest BCUT2D eigenvalue weighted by atomic mass is 9.68. The summed E-state index contributed by atoms with van der Waals surface area (Å²) in [6.07, 6.45) is 15.3. The van der Waals surface area contributed by atoms with Crippen molar-refractivity contribution in [1.29, 1.82) is 0 Å². The topological polar surface area (TPSA) is 0 Å². The smallest absolute Gasteiger partial charge is 0.166 e. The molecule has 220 valence electrons. The fourth-order valence-electron chi connectivity index (χ4n) is 7.55. The van der Waals surface area contributed by atoms with Crippen molar-refractivity contribution in [2.45, 2.75) is 103 Å². The van der Waals surface area contributed by atoms with E-state index in [1.807, 2.05) is 0 Å². The highest BCUT2D eigenvalue weighted by Gasteiger charge is 2.32. The summed E-state index contributed by atoms with van der Waals surface area (Å²) in [5, 5.41) is 0. The fraction of sp³-hybridized carbons (Fsp3) is 0.514. The van der Waals surface area contributed by atoms with Crippen LogP contribution in [-0.2, 0) is 6.42 Å². The van der Waals surface area contributed by atoms with Crippen molar-refractivity contribution in [3.05, 3.63) is 82.9 Å². The summed E-state index contributed by atoms with van der Waals surface area (Å²) in [6.45, 7) is 4.04. The summed E-state index contributed by atoms with van der Waals surface area (Å²) < 4.78 is 59.7. The van der Waals surface area contributed by atoms with Gasteiger partial charge in [0.25, 0.3) is 0 Å². The lowest BCUT2D eigenvalue weighted by Gasteiger charge is -2.38. The van der Waals surface area contributed by atoms with Gasteiger partial charge in [0.15, 0.2) is 23.3 Å². The molecule has 0 aromatic heterocycles. The maximum atomic E-state index is 15.4. The van der Waals surface area contributed by atoms with Gasteiger partial charge in [0.05, 0.1) is 0 Å². The molecule has 2 aliphatic rings. The molecule has 5 rings (SSSR count). The average molecular weight is 565 g/mol. The van der Waals surface area contributed by atoms with Gasteiger partial charge in [0, 0.05) is 11.1 Å². The predicted molar refractivity (Wildman–Crippen MR) is 161 cm³/mol. The van der Waals surface area contributed by atoms with Gasteiger partial charge < -0.3 is 0 Å². The first kappa shape index (κ1) is 29.9. The summed E-state index contributed by atoms with van der Waals surface area (Å²) in [6, 6.07) is 13.1. The Labute approximate surface area is 243 Å². The third kappa shape index (κ3) is 6.57. The lowest BCUT2D eigenvalue weighted by Crippen LogP contribution is -2.25. The molecule has 2 aliphatic carbocycles. The van der Waals surface area contributed by atoms with Crippen molar-refractivity contribution in [2.75, 3.05) is 0 Å². The van der Waals surface area contributed by atoms with E-state index in [1.54, 1.807) is 55.5 Å². The number of benzene rings is 3. The van der Waals surface area contributed by atoms with E-state index in [2.05, 4.69) is 6.92 Å². The first-order chi connectivity index (χ1) is 19.9. The zero-order chi connectivity index (χ0) is 28.9. The molecule has 0 nitrogen and oxygen atoms in total. The van der Waals surface area contributed by atoms with Gasteiger partial charge in [-0.3, -0.25) is 0 Å². The Bertz CT molecular complexity index is 1300. The molecule has 0 radical (unpaired) electrons. The molecular formula is C37H44F4. The van der Waals surface area contributed by atoms with E-state index >= 15 is 8.78 Å². The fourth-order valence-corrected chi connectivity index (χ4v) is 7.55. The van der Waals surface area contributed by atoms with Crippen LogP contribution in [0.4, 0.5) is 17.6 Å². The molecular weight excluding hydrogens is 520 g/mol. The maximum Gasteiger partial charge on any atom is 0.166 e. The summed E-state index contributed by atoms with van der Waals surface area (Å²) in [5.74, 6) is -0.788.